The van der Waals surface area contributed by atoms with Crippen molar-refractivity contribution in [2.45, 2.75) is 13.2 Å². The summed E-state index contributed by atoms with van der Waals surface area (Å²) in [6.07, 6.45) is 1.42. The van der Waals surface area contributed by atoms with E-state index in [2.05, 4.69) is 19.9 Å². The normalized spacial score (nSPS) is 11.3. The van der Waals surface area contributed by atoms with Gasteiger partial charge in [-0.25, -0.2) is 4.98 Å². The van der Waals surface area contributed by atoms with Gasteiger partial charge in [0, 0.05) is 5.56 Å². The Morgan fingerprint density at radius 2 is 2.14 bits per heavy atom. The van der Waals surface area contributed by atoms with Crippen LogP contribution in [-0.2, 0) is 6.54 Å². The molecule has 144 valence electrons. The van der Waals surface area contributed by atoms with Gasteiger partial charge in [-0.3, -0.25) is 9.36 Å². The molecule has 0 aliphatic heterocycles. The SMILES string of the molecule is COc1cc(-c2noc(Cn3cnc4ccsc4c3=O)n2)ccc1OC(F)F. The number of thiophene rings is 1. The fourth-order valence-corrected chi connectivity index (χ4v) is 3.37. The summed E-state index contributed by atoms with van der Waals surface area (Å²) in [5.41, 5.74) is 0.915. The van der Waals surface area contributed by atoms with Crippen LogP contribution in [0, 0.1) is 0 Å². The fraction of sp³-hybridized carbons (Fsp3) is 0.176. The molecule has 4 rings (SSSR count). The molecule has 0 unspecified atom stereocenters. The third-order valence-corrected chi connectivity index (χ3v) is 4.74. The quantitative estimate of drug-likeness (QED) is 0.486. The molecule has 0 radical (unpaired) electrons. The van der Waals surface area contributed by atoms with Gasteiger partial charge in [-0.15, -0.1) is 11.3 Å². The molecule has 8 nitrogen and oxygen atoms in total. The Morgan fingerprint density at radius 1 is 1.29 bits per heavy atom. The van der Waals surface area contributed by atoms with E-state index in [1.54, 1.807) is 11.4 Å². The average Bonchev–Trinajstić information content (AvgIpc) is 3.34. The zero-order valence-electron chi connectivity index (χ0n) is 14.3. The zero-order chi connectivity index (χ0) is 19.7. The maximum atomic E-state index is 12.4. The van der Waals surface area contributed by atoms with Crippen LogP contribution in [0.5, 0.6) is 11.5 Å². The summed E-state index contributed by atoms with van der Waals surface area (Å²) < 4.78 is 41.4. The molecule has 0 spiro atoms. The van der Waals surface area contributed by atoms with Gasteiger partial charge in [0.2, 0.25) is 11.7 Å². The third-order valence-electron chi connectivity index (χ3n) is 3.85. The Hall–Kier alpha value is -3.34. The first-order valence-corrected chi connectivity index (χ1v) is 8.81. The second-order valence-electron chi connectivity index (χ2n) is 5.57. The van der Waals surface area contributed by atoms with Crippen molar-refractivity contribution in [3.8, 4) is 22.9 Å². The van der Waals surface area contributed by atoms with Crippen molar-refractivity contribution in [1.82, 2.24) is 19.7 Å². The summed E-state index contributed by atoms with van der Waals surface area (Å²) in [7, 11) is 1.33. The number of hydrogen-bond donors (Lipinski definition) is 0. The van der Waals surface area contributed by atoms with E-state index in [-0.39, 0.29) is 35.3 Å². The van der Waals surface area contributed by atoms with Crippen LogP contribution in [0.25, 0.3) is 21.6 Å². The number of benzene rings is 1. The van der Waals surface area contributed by atoms with Gasteiger partial charge in [-0.2, -0.15) is 13.8 Å². The molecule has 0 saturated carbocycles. The third kappa shape index (κ3) is 3.43. The Balaban J connectivity index is 1.60. The van der Waals surface area contributed by atoms with Crippen LogP contribution in [0.4, 0.5) is 8.78 Å². The van der Waals surface area contributed by atoms with E-state index in [0.29, 0.717) is 15.8 Å². The number of hydrogen-bond acceptors (Lipinski definition) is 8. The highest BCUT2D eigenvalue weighted by Crippen LogP contribution is 2.32. The van der Waals surface area contributed by atoms with Crippen LogP contribution in [0.15, 0.2) is 45.3 Å². The lowest BCUT2D eigenvalue weighted by atomic mass is 10.2. The molecule has 0 aliphatic carbocycles. The Bertz CT molecular complexity index is 1190. The standard InChI is InChI=1S/C17H12F2N4O4S/c1-25-12-6-9(2-3-11(12)26-17(18)19)15-21-13(27-22-15)7-23-8-20-10-4-5-28-14(10)16(23)24/h2-6,8,17H,7H2,1H3. The number of rotatable bonds is 6. The molecule has 1 aromatic carbocycles. The largest absolute Gasteiger partial charge is 0.493 e. The van der Waals surface area contributed by atoms with E-state index < -0.39 is 6.61 Å². The maximum absolute atomic E-state index is 12.4. The van der Waals surface area contributed by atoms with E-state index in [4.69, 9.17) is 9.26 Å². The maximum Gasteiger partial charge on any atom is 0.387 e. The summed E-state index contributed by atoms with van der Waals surface area (Å²) >= 11 is 1.31. The summed E-state index contributed by atoms with van der Waals surface area (Å²) in [5.74, 6) is 0.413. The van der Waals surface area contributed by atoms with Crippen LogP contribution in [0.2, 0.25) is 0 Å². The van der Waals surface area contributed by atoms with Crippen molar-refractivity contribution in [2.75, 3.05) is 7.11 Å². The Labute approximate surface area is 160 Å². The number of nitrogens with zero attached hydrogens (tertiary/aromatic N) is 4. The van der Waals surface area contributed by atoms with E-state index in [9.17, 15) is 13.6 Å². The van der Waals surface area contributed by atoms with Crippen molar-refractivity contribution in [1.29, 1.82) is 0 Å². The molecule has 0 atom stereocenters. The first-order chi connectivity index (χ1) is 13.5. The van der Waals surface area contributed by atoms with Gasteiger partial charge < -0.3 is 14.0 Å². The molecule has 0 N–H and O–H groups in total. The molecule has 0 bridgehead atoms. The second kappa shape index (κ2) is 7.35. The predicted molar refractivity (Wildman–Crippen MR) is 95.9 cm³/mol. The van der Waals surface area contributed by atoms with Crippen molar-refractivity contribution >= 4 is 21.6 Å². The Morgan fingerprint density at radius 3 is 2.93 bits per heavy atom. The highest BCUT2D eigenvalue weighted by Gasteiger charge is 2.16. The highest BCUT2D eigenvalue weighted by atomic mass is 32.1. The van der Waals surface area contributed by atoms with E-state index in [0.717, 1.165) is 0 Å². The monoisotopic (exact) mass is 406 g/mol. The van der Waals surface area contributed by atoms with Crippen molar-refractivity contribution in [3.05, 3.63) is 52.2 Å². The molecule has 4 aromatic rings. The Kier molecular flexibility index (Phi) is 4.74. The van der Waals surface area contributed by atoms with Crippen LogP contribution in [-0.4, -0.2) is 33.4 Å². The molecule has 3 aromatic heterocycles. The van der Waals surface area contributed by atoms with Gasteiger partial charge in [-0.05, 0) is 29.6 Å². The number of fused-ring (bicyclic) bond motifs is 1. The highest BCUT2D eigenvalue weighted by molar-refractivity contribution is 7.17. The van der Waals surface area contributed by atoms with Gasteiger partial charge in [-0.1, -0.05) is 5.16 Å². The summed E-state index contributed by atoms with van der Waals surface area (Å²) in [4.78, 5) is 20.9. The van der Waals surface area contributed by atoms with Crippen LogP contribution in [0.3, 0.4) is 0 Å². The lowest BCUT2D eigenvalue weighted by Gasteiger charge is -2.10. The topological polar surface area (TPSA) is 92.3 Å². The first kappa shape index (κ1) is 18.0. The smallest absolute Gasteiger partial charge is 0.387 e. The molecule has 0 fully saturated rings. The summed E-state index contributed by atoms with van der Waals surface area (Å²) in [5, 5.41) is 5.66. The van der Waals surface area contributed by atoms with Gasteiger partial charge in [0.1, 0.15) is 11.2 Å². The van der Waals surface area contributed by atoms with Gasteiger partial charge in [0.05, 0.1) is 19.0 Å². The van der Waals surface area contributed by atoms with E-state index in [1.165, 1.54) is 47.5 Å². The molecule has 0 saturated heterocycles. The molecule has 0 aliphatic rings. The molecular weight excluding hydrogens is 394 g/mol. The minimum atomic E-state index is -2.97. The summed E-state index contributed by atoms with van der Waals surface area (Å²) in [6.45, 7) is -2.92. The van der Waals surface area contributed by atoms with Gasteiger partial charge >= 0.3 is 6.61 Å². The van der Waals surface area contributed by atoms with E-state index in [1.807, 2.05) is 0 Å². The minimum Gasteiger partial charge on any atom is -0.493 e. The summed E-state index contributed by atoms with van der Waals surface area (Å²) in [6, 6.07) is 6.05. The van der Waals surface area contributed by atoms with Crippen molar-refractivity contribution < 1.29 is 22.8 Å². The number of alkyl halides is 2. The van der Waals surface area contributed by atoms with Crippen molar-refractivity contribution in [3.63, 3.8) is 0 Å². The fourth-order valence-electron chi connectivity index (χ4n) is 2.57. The number of halogens is 2. The average molecular weight is 406 g/mol. The zero-order valence-corrected chi connectivity index (χ0v) is 15.2. The van der Waals surface area contributed by atoms with E-state index >= 15 is 0 Å². The molecule has 0 amide bonds. The number of aromatic nitrogens is 4. The number of ether oxygens (including phenoxy) is 2. The first-order valence-electron chi connectivity index (χ1n) is 7.93. The van der Waals surface area contributed by atoms with Crippen LogP contribution >= 0.6 is 11.3 Å². The van der Waals surface area contributed by atoms with Crippen LogP contribution in [0.1, 0.15) is 5.89 Å². The lowest BCUT2D eigenvalue weighted by Crippen LogP contribution is -2.20. The van der Waals surface area contributed by atoms with Gasteiger partial charge in [0.15, 0.2) is 11.5 Å². The molecule has 11 heteroatoms. The molecular formula is C17H12F2N4O4S. The lowest BCUT2D eigenvalue weighted by molar-refractivity contribution is -0.0512. The predicted octanol–water partition coefficient (Wildman–Crippen LogP) is 3.17. The molecule has 3 heterocycles. The van der Waals surface area contributed by atoms with Crippen LogP contribution < -0.4 is 15.0 Å². The second-order valence-corrected chi connectivity index (χ2v) is 6.48. The van der Waals surface area contributed by atoms with Gasteiger partial charge in [0.25, 0.3) is 5.56 Å². The number of methoxy groups -OCH3 is 1. The van der Waals surface area contributed by atoms with Crippen molar-refractivity contribution in [2.24, 2.45) is 0 Å². The minimum absolute atomic E-state index is 0.0520. The molecule has 28 heavy (non-hydrogen) atoms.